The van der Waals surface area contributed by atoms with Crippen molar-refractivity contribution in [3.63, 3.8) is 0 Å². The normalized spacial score (nSPS) is 12.7. The van der Waals surface area contributed by atoms with Gasteiger partial charge in [-0.1, -0.05) is 273 Å². The van der Waals surface area contributed by atoms with E-state index in [9.17, 15) is 14.4 Å². The van der Waals surface area contributed by atoms with E-state index < -0.39 is 6.10 Å². The van der Waals surface area contributed by atoms with Crippen LogP contribution >= 0.6 is 0 Å². The summed E-state index contributed by atoms with van der Waals surface area (Å²) in [5, 5.41) is 0. The van der Waals surface area contributed by atoms with Gasteiger partial charge in [-0.2, -0.15) is 0 Å². The van der Waals surface area contributed by atoms with Gasteiger partial charge in [-0.05, 0) is 89.9 Å². The maximum atomic E-state index is 12.7. The van der Waals surface area contributed by atoms with E-state index in [4.69, 9.17) is 14.2 Å². The molecule has 0 N–H and O–H groups in total. The number of unbranched alkanes of at least 4 members (excludes halogenated alkanes) is 30. The van der Waals surface area contributed by atoms with E-state index in [1.807, 2.05) is 0 Å². The third kappa shape index (κ3) is 57.5. The van der Waals surface area contributed by atoms with Crippen LogP contribution in [0.3, 0.4) is 0 Å². The van der Waals surface area contributed by atoms with Crippen molar-refractivity contribution in [3.05, 3.63) is 85.1 Å². The van der Waals surface area contributed by atoms with Crippen LogP contribution in [-0.4, -0.2) is 37.2 Å². The lowest BCUT2D eigenvalue weighted by atomic mass is 10.0. The van der Waals surface area contributed by atoms with Crippen LogP contribution < -0.4 is 0 Å². The van der Waals surface area contributed by atoms with Crippen molar-refractivity contribution in [2.24, 2.45) is 0 Å². The molecule has 0 aliphatic rings. The molecule has 0 saturated heterocycles. The molecule has 6 nitrogen and oxygen atoms in total. The van der Waals surface area contributed by atoms with Crippen LogP contribution in [-0.2, 0) is 28.6 Å². The Hall–Kier alpha value is -3.41. The Morgan fingerprint density at radius 3 is 0.917 bits per heavy atom. The minimum Gasteiger partial charge on any atom is -0.462 e. The molecule has 1 unspecified atom stereocenters. The highest BCUT2D eigenvalue weighted by Gasteiger charge is 2.19. The van der Waals surface area contributed by atoms with Crippen LogP contribution in [0, 0.1) is 0 Å². The number of allylic oxidation sites excluding steroid dienone is 14. The average Bonchev–Trinajstić information content (AvgIpc) is 3.38. The fourth-order valence-electron chi connectivity index (χ4n) is 8.57. The molecular formula is C66H114O6. The monoisotopic (exact) mass is 1000 g/mol. The Morgan fingerprint density at radius 1 is 0.292 bits per heavy atom. The molecule has 0 aliphatic heterocycles. The molecule has 1 atom stereocenters. The standard InChI is InChI=1S/C66H114O6/c1-4-7-10-13-16-19-21-22-23-24-25-26-27-28-29-30-31-32-33-34-35-36-37-38-39-40-41-42-43-44-45-48-50-53-56-59-65(68)71-62-63(61-70-64(67)58-55-52-49-46-18-15-12-9-6-3)72-66(69)60-57-54-51-47-20-17-14-11-8-5-2/h7,10-11,14,16,19,22-23,25-26,28-29,31-32,63H,4-6,8-9,12-13,15,17-18,20-21,24,27,30,33-62H2,1-3H3/b10-7-,14-11-,19-16-,23-22-,26-25-,29-28-,32-31-. The number of ether oxygens (including phenoxy) is 3. The highest BCUT2D eigenvalue weighted by Crippen LogP contribution is 2.16. The predicted octanol–water partition coefficient (Wildman–Crippen LogP) is 20.7. The first-order chi connectivity index (χ1) is 35.5. The second kappa shape index (κ2) is 60.1. The van der Waals surface area contributed by atoms with E-state index in [0.29, 0.717) is 19.3 Å². The van der Waals surface area contributed by atoms with Gasteiger partial charge in [0, 0.05) is 19.3 Å². The largest absolute Gasteiger partial charge is 0.462 e. The predicted molar refractivity (Wildman–Crippen MR) is 311 cm³/mol. The number of carbonyl (C=O) groups excluding carboxylic acids is 3. The van der Waals surface area contributed by atoms with Crippen molar-refractivity contribution < 1.29 is 28.6 Å². The SMILES string of the molecule is CC/C=C\C/C=C\C/C=C\C/C=C\C/C=C\C/C=C\CCCCCCCCCCCCCCCCCCC(=O)OCC(COC(=O)CCCCCCCCCCC)OC(=O)CCCCCCC/C=C\CCC. The van der Waals surface area contributed by atoms with Crippen molar-refractivity contribution >= 4 is 17.9 Å². The molecule has 0 rings (SSSR count). The van der Waals surface area contributed by atoms with Gasteiger partial charge < -0.3 is 14.2 Å². The molecule has 0 saturated carbocycles. The van der Waals surface area contributed by atoms with Gasteiger partial charge in [0.25, 0.3) is 0 Å². The Labute approximate surface area is 445 Å². The first-order valence-electron chi connectivity index (χ1n) is 30.6. The fourth-order valence-corrected chi connectivity index (χ4v) is 8.57. The van der Waals surface area contributed by atoms with Gasteiger partial charge in [-0.25, -0.2) is 0 Å². The number of rotatable bonds is 55. The van der Waals surface area contributed by atoms with Crippen LogP contribution in [0.15, 0.2) is 85.1 Å². The summed E-state index contributed by atoms with van der Waals surface area (Å²) in [5.74, 6) is -0.882. The maximum Gasteiger partial charge on any atom is 0.306 e. The number of esters is 3. The zero-order valence-electron chi connectivity index (χ0n) is 47.4. The average molecular weight is 1000 g/mol. The van der Waals surface area contributed by atoms with E-state index >= 15 is 0 Å². The summed E-state index contributed by atoms with van der Waals surface area (Å²) in [6, 6.07) is 0. The third-order valence-electron chi connectivity index (χ3n) is 13.1. The maximum absolute atomic E-state index is 12.7. The first-order valence-corrected chi connectivity index (χ1v) is 30.6. The van der Waals surface area contributed by atoms with Gasteiger partial charge >= 0.3 is 17.9 Å². The molecule has 0 aliphatic carbocycles. The summed E-state index contributed by atoms with van der Waals surface area (Å²) in [6.45, 7) is 6.45. The van der Waals surface area contributed by atoms with Crippen LogP contribution in [0.25, 0.3) is 0 Å². The molecule has 0 amide bonds. The van der Waals surface area contributed by atoms with Crippen molar-refractivity contribution in [3.8, 4) is 0 Å². The van der Waals surface area contributed by atoms with Crippen molar-refractivity contribution in [1.29, 1.82) is 0 Å². The van der Waals surface area contributed by atoms with Gasteiger partial charge in [-0.15, -0.1) is 0 Å². The van der Waals surface area contributed by atoms with Gasteiger partial charge in [0.2, 0.25) is 0 Å². The zero-order chi connectivity index (χ0) is 52.2. The molecular weight excluding hydrogens is 889 g/mol. The van der Waals surface area contributed by atoms with Gasteiger partial charge in [0.15, 0.2) is 6.10 Å². The molecule has 0 aromatic rings. The fraction of sp³-hybridized carbons (Fsp3) is 0.742. The topological polar surface area (TPSA) is 78.9 Å². The molecule has 0 bridgehead atoms. The second-order valence-corrected chi connectivity index (χ2v) is 20.2. The molecule has 0 radical (unpaired) electrons. The Bertz CT molecular complexity index is 1380. The minimum atomic E-state index is -0.774. The van der Waals surface area contributed by atoms with E-state index in [0.717, 1.165) is 116 Å². The van der Waals surface area contributed by atoms with E-state index in [2.05, 4.69) is 106 Å². The lowest BCUT2D eigenvalue weighted by Crippen LogP contribution is -2.30. The van der Waals surface area contributed by atoms with E-state index in [1.54, 1.807) is 0 Å². The second-order valence-electron chi connectivity index (χ2n) is 20.2. The summed E-state index contributed by atoms with van der Waals surface area (Å²) in [5.41, 5.74) is 0. The zero-order valence-corrected chi connectivity index (χ0v) is 47.4. The number of hydrogen-bond acceptors (Lipinski definition) is 6. The summed E-state index contributed by atoms with van der Waals surface area (Å²) >= 11 is 0. The smallest absolute Gasteiger partial charge is 0.306 e. The van der Waals surface area contributed by atoms with Crippen LogP contribution in [0.1, 0.15) is 297 Å². The Balaban J connectivity index is 3.97. The molecule has 0 aromatic carbocycles. The molecule has 72 heavy (non-hydrogen) atoms. The van der Waals surface area contributed by atoms with Gasteiger partial charge in [-0.3, -0.25) is 14.4 Å². The lowest BCUT2D eigenvalue weighted by molar-refractivity contribution is -0.167. The van der Waals surface area contributed by atoms with Crippen molar-refractivity contribution in [2.45, 2.75) is 303 Å². The molecule has 414 valence electrons. The van der Waals surface area contributed by atoms with Crippen molar-refractivity contribution in [2.75, 3.05) is 13.2 Å². The third-order valence-corrected chi connectivity index (χ3v) is 13.1. The molecule has 6 heteroatoms. The summed E-state index contributed by atoms with van der Waals surface area (Å²) < 4.78 is 16.8. The summed E-state index contributed by atoms with van der Waals surface area (Å²) in [7, 11) is 0. The van der Waals surface area contributed by atoms with Crippen LogP contribution in [0.5, 0.6) is 0 Å². The van der Waals surface area contributed by atoms with Gasteiger partial charge in [0.05, 0.1) is 0 Å². The van der Waals surface area contributed by atoms with E-state index in [-0.39, 0.29) is 31.1 Å². The molecule has 0 aromatic heterocycles. The molecule has 0 heterocycles. The summed E-state index contributed by atoms with van der Waals surface area (Å²) in [6.07, 6.45) is 79.1. The van der Waals surface area contributed by atoms with Gasteiger partial charge in [0.1, 0.15) is 13.2 Å². The molecule has 0 fully saturated rings. The highest BCUT2D eigenvalue weighted by atomic mass is 16.6. The van der Waals surface area contributed by atoms with Crippen molar-refractivity contribution in [1.82, 2.24) is 0 Å². The summed E-state index contributed by atoms with van der Waals surface area (Å²) in [4.78, 5) is 37.9. The lowest BCUT2D eigenvalue weighted by Gasteiger charge is -2.18. The number of carbonyl (C=O) groups is 3. The van der Waals surface area contributed by atoms with Crippen LogP contribution in [0.2, 0.25) is 0 Å². The Morgan fingerprint density at radius 2 is 0.569 bits per heavy atom. The highest BCUT2D eigenvalue weighted by molar-refractivity contribution is 5.71. The Kier molecular flexibility index (Phi) is 57.3. The minimum absolute atomic E-state index is 0.0753. The first kappa shape index (κ1) is 68.6. The molecule has 0 spiro atoms. The van der Waals surface area contributed by atoms with E-state index in [1.165, 1.54) is 141 Å². The van der Waals surface area contributed by atoms with Crippen LogP contribution in [0.4, 0.5) is 0 Å². The number of hydrogen-bond donors (Lipinski definition) is 0. The quantitative estimate of drug-likeness (QED) is 0.0261.